The summed E-state index contributed by atoms with van der Waals surface area (Å²) in [5.74, 6) is 0.873. The van der Waals surface area contributed by atoms with Crippen molar-refractivity contribution in [3.05, 3.63) is 64.7 Å². The van der Waals surface area contributed by atoms with E-state index < -0.39 is 0 Å². The monoisotopic (exact) mass is 326 g/mol. The van der Waals surface area contributed by atoms with Gasteiger partial charge in [-0.3, -0.25) is 0 Å². The van der Waals surface area contributed by atoms with E-state index in [0.29, 0.717) is 13.2 Å². The van der Waals surface area contributed by atoms with E-state index in [4.69, 9.17) is 4.74 Å². The lowest BCUT2D eigenvalue weighted by Gasteiger charge is -2.16. The van der Waals surface area contributed by atoms with Crippen molar-refractivity contribution in [3.63, 3.8) is 0 Å². The third-order valence-electron chi connectivity index (χ3n) is 4.08. The zero-order valence-electron chi connectivity index (χ0n) is 14.8. The maximum absolute atomic E-state index is 11.9. The average molecular weight is 326 g/mol. The molecule has 4 nitrogen and oxygen atoms in total. The van der Waals surface area contributed by atoms with Gasteiger partial charge in [-0.05, 0) is 56.0 Å². The van der Waals surface area contributed by atoms with Gasteiger partial charge in [-0.25, -0.2) is 4.79 Å². The first-order valence-electron chi connectivity index (χ1n) is 8.27. The Morgan fingerprint density at radius 3 is 2.42 bits per heavy atom. The van der Waals surface area contributed by atoms with Gasteiger partial charge in [-0.2, -0.15) is 0 Å². The molecule has 0 heterocycles. The van der Waals surface area contributed by atoms with Crippen molar-refractivity contribution < 1.29 is 9.53 Å². The van der Waals surface area contributed by atoms with E-state index in [1.165, 1.54) is 11.1 Å². The van der Waals surface area contributed by atoms with Gasteiger partial charge in [-0.1, -0.05) is 36.4 Å². The van der Waals surface area contributed by atoms with Gasteiger partial charge in [0.2, 0.25) is 0 Å². The second-order valence-electron chi connectivity index (χ2n) is 6.08. The lowest BCUT2D eigenvalue weighted by atomic mass is 10.1. The van der Waals surface area contributed by atoms with E-state index in [-0.39, 0.29) is 12.1 Å². The Labute approximate surface area is 144 Å². The van der Waals surface area contributed by atoms with Crippen LogP contribution in [0, 0.1) is 20.8 Å². The Kier molecular flexibility index (Phi) is 6.24. The van der Waals surface area contributed by atoms with Gasteiger partial charge in [-0.15, -0.1) is 0 Å². The molecule has 0 bridgehead atoms. The lowest BCUT2D eigenvalue weighted by molar-refractivity contribution is 0.233. The molecule has 0 fully saturated rings. The van der Waals surface area contributed by atoms with Crippen molar-refractivity contribution in [1.29, 1.82) is 0 Å². The van der Waals surface area contributed by atoms with Crippen LogP contribution in [0.4, 0.5) is 4.79 Å². The maximum atomic E-state index is 11.9. The Morgan fingerprint density at radius 1 is 1.04 bits per heavy atom. The van der Waals surface area contributed by atoms with Crippen LogP contribution in [0.1, 0.15) is 35.2 Å². The zero-order chi connectivity index (χ0) is 17.5. The Morgan fingerprint density at radius 2 is 1.71 bits per heavy atom. The molecule has 0 aromatic heterocycles. The molecule has 2 rings (SSSR count). The van der Waals surface area contributed by atoms with Crippen molar-refractivity contribution in [2.45, 2.75) is 33.7 Å². The van der Waals surface area contributed by atoms with Crippen LogP contribution in [0.5, 0.6) is 5.75 Å². The van der Waals surface area contributed by atoms with Crippen molar-refractivity contribution in [3.8, 4) is 5.75 Å². The molecule has 0 saturated heterocycles. The summed E-state index contributed by atoms with van der Waals surface area (Å²) in [6, 6.07) is 13.8. The first-order chi connectivity index (χ1) is 11.5. The Hall–Kier alpha value is -2.49. The molecular formula is C20H26N2O2. The van der Waals surface area contributed by atoms with Crippen LogP contribution in [-0.4, -0.2) is 19.2 Å². The molecule has 0 aliphatic heterocycles. The van der Waals surface area contributed by atoms with E-state index in [1.54, 1.807) is 0 Å². The summed E-state index contributed by atoms with van der Waals surface area (Å²) in [6.07, 6.45) is 0. The molecule has 1 atom stereocenters. The van der Waals surface area contributed by atoms with Crippen molar-refractivity contribution in [2.24, 2.45) is 0 Å². The van der Waals surface area contributed by atoms with Gasteiger partial charge < -0.3 is 15.4 Å². The summed E-state index contributed by atoms with van der Waals surface area (Å²) in [5, 5.41) is 5.74. The summed E-state index contributed by atoms with van der Waals surface area (Å²) in [7, 11) is 0. The SMILES string of the molecule is Cc1cc(C)c(OCCNC(=O)NC(C)c2ccccc2)cc1C. The fourth-order valence-electron chi connectivity index (χ4n) is 2.49. The van der Waals surface area contributed by atoms with Gasteiger partial charge in [0.1, 0.15) is 12.4 Å². The molecule has 4 heteroatoms. The molecule has 0 aliphatic carbocycles. The van der Waals surface area contributed by atoms with E-state index in [0.717, 1.165) is 16.9 Å². The standard InChI is InChI=1S/C20H26N2O2/c1-14-12-16(3)19(13-15(14)2)24-11-10-21-20(23)22-17(4)18-8-6-5-7-9-18/h5-9,12-13,17H,10-11H2,1-4H3,(H2,21,22,23). The number of rotatable bonds is 6. The maximum Gasteiger partial charge on any atom is 0.315 e. The predicted molar refractivity (Wildman–Crippen MR) is 97.5 cm³/mol. The van der Waals surface area contributed by atoms with Gasteiger partial charge in [0.05, 0.1) is 12.6 Å². The number of benzene rings is 2. The first-order valence-corrected chi connectivity index (χ1v) is 8.27. The highest BCUT2D eigenvalue weighted by Gasteiger charge is 2.08. The number of hydrogen-bond acceptors (Lipinski definition) is 2. The molecular weight excluding hydrogens is 300 g/mol. The highest BCUT2D eigenvalue weighted by atomic mass is 16.5. The van der Waals surface area contributed by atoms with Crippen LogP contribution >= 0.6 is 0 Å². The number of ether oxygens (including phenoxy) is 1. The molecule has 2 aromatic rings. The van der Waals surface area contributed by atoms with Crippen molar-refractivity contribution >= 4 is 6.03 Å². The second-order valence-corrected chi connectivity index (χ2v) is 6.08. The highest BCUT2D eigenvalue weighted by Crippen LogP contribution is 2.22. The van der Waals surface area contributed by atoms with Gasteiger partial charge >= 0.3 is 6.03 Å². The number of amides is 2. The lowest BCUT2D eigenvalue weighted by Crippen LogP contribution is -2.39. The molecule has 2 aromatic carbocycles. The van der Waals surface area contributed by atoms with Crippen molar-refractivity contribution in [1.82, 2.24) is 10.6 Å². The summed E-state index contributed by atoms with van der Waals surface area (Å²) in [4.78, 5) is 11.9. The fourth-order valence-corrected chi connectivity index (χ4v) is 2.49. The third kappa shape index (κ3) is 5.01. The van der Waals surface area contributed by atoms with Crippen LogP contribution < -0.4 is 15.4 Å². The summed E-state index contributed by atoms with van der Waals surface area (Å²) in [6.45, 7) is 9.05. The molecule has 0 aliphatic rings. The molecule has 1 unspecified atom stereocenters. The number of aryl methyl sites for hydroxylation is 3. The van der Waals surface area contributed by atoms with Gasteiger partial charge in [0.15, 0.2) is 0 Å². The van der Waals surface area contributed by atoms with E-state index >= 15 is 0 Å². The fraction of sp³-hybridized carbons (Fsp3) is 0.350. The number of carbonyl (C=O) groups is 1. The van der Waals surface area contributed by atoms with Gasteiger partial charge in [0, 0.05) is 0 Å². The van der Waals surface area contributed by atoms with Crippen LogP contribution in [0.15, 0.2) is 42.5 Å². The predicted octanol–water partition coefficient (Wildman–Crippen LogP) is 4.05. The highest BCUT2D eigenvalue weighted by molar-refractivity contribution is 5.74. The van der Waals surface area contributed by atoms with Gasteiger partial charge in [0.25, 0.3) is 0 Å². The second kappa shape index (κ2) is 8.39. The number of hydrogen-bond donors (Lipinski definition) is 2. The molecule has 128 valence electrons. The number of urea groups is 1. The summed E-state index contributed by atoms with van der Waals surface area (Å²) in [5.41, 5.74) is 4.65. The quantitative estimate of drug-likeness (QED) is 0.787. The Balaban J connectivity index is 1.74. The first kappa shape index (κ1) is 17.9. The van der Waals surface area contributed by atoms with Crippen LogP contribution in [0.3, 0.4) is 0 Å². The third-order valence-corrected chi connectivity index (χ3v) is 4.08. The minimum Gasteiger partial charge on any atom is -0.491 e. The Bertz CT molecular complexity index is 684. The average Bonchev–Trinajstić information content (AvgIpc) is 2.56. The van der Waals surface area contributed by atoms with Crippen LogP contribution in [-0.2, 0) is 0 Å². The minimum absolute atomic E-state index is 0.0332. The van der Waals surface area contributed by atoms with Crippen LogP contribution in [0.2, 0.25) is 0 Å². The molecule has 0 saturated carbocycles. The van der Waals surface area contributed by atoms with Crippen LogP contribution in [0.25, 0.3) is 0 Å². The molecule has 0 spiro atoms. The summed E-state index contributed by atoms with van der Waals surface area (Å²) >= 11 is 0. The largest absolute Gasteiger partial charge is 0.491 e. The smallest absolute Gasteiger partial charge is 0.315 e. The number of carbonyl (C=O) groups excluding carboxylic acids is 1. The summed E-state index contributed by atoms with van der Waals surface area (Å²) < 4.78 is 5.77. The molecule has 0 radical (unpaired) electrons. The van der Waals surface area contributed by atoms with E-state index in [9.17, 15) is 4.79 Å². The molecule has 2 N–H and O–H groups in total. The topological polar surface area (TPSA) is 50.4 Å². The number of nitrogens with one attached hydrogen (secondary N) is 2. The normalized spacial score (nSPS) is 11.7. The van der Waals surface area contributed by atoms with E-state index in [2.05, 4.69) is 30.5 Å². The molecule has 2 amide bonds. The molecule has 24 heavy (non-hydrogen) atoms. The minimum atomic E-state index is -0.188. The zero-order valence-corrected chi connectivity index (χ0v) is 14.8. The van der Waals surface area contributed by atoms with Crippen molar-refractivity contribution in [2.75, 3.05) is 13.2 Å². The van der Waals surface area contributed by atoms with E-state index in [1.807, 2.05) is 50.2 Å².